The normalized spacial score (nSPS) is 9.92. The van der Waals surface area contributed by atoms with Gasteiger partial charge in [-0.1, -0.05) is 19.3 Å². The average Bonchev–Trinajstić information content (AvgIpc) is 2.67. The van der Waals surface area contributed by atoms with Crippen LogP contribution >= 0.6 is 12.4 Å². The number of ether oxygens (including phenoxy) is 2. The van der Waals surface area contributed by atoms with E-state index in [-0.39, 0.29) is 12.4 Å². The predicted octanol–water partition coefficient (Wildman–Crippen LogP) is 5.60. The molecule has 2 aromatic rings. The number of nitrogens with one attached hydrogen (secondary N) is 2. The van der Waals surface area contributed by atoms with Crippen LogP contribution in [0.15, 0.2) is 48.5 Å². The number of unbranched alkanes of at least 4 members (excludes halogenated alkanes) is 4. The van der Waals surface area contributed by atoms with Gasteiger partial charge in [0.25, 0.3) is 0 Å². The second-order valence-corrected chi connectivity index (χ2v) is 6.01. The molecule has 0 radical (unpaired) electrons. The lowest BCUT2D eigenvalue weighted by molar-refractivity contribution is 0.293. The Kier molecular flexibility index (Phi) is 11.1. The van der Waals surface area contributed by atoms with Crippen LogP contribution in [0.5, 0.6) is 11.5 Å². The van der Waals surface area contributed by atoms with E-state index in [9.17, 15) is 0 Å². The maximum atomic E-state index is 5.75. The van der Waals surface area contributed by atoms with Crippen molar-refractivity contribution < 1.29 is 9.47 Å². The Labute approximate surface area is 163 Å². The van der Waals surface area contributed by atoms with Gasteiger partial charge >= 0.3 is 0 Å². The fourth-order valence-corrected chi connectivity index (χ4v) is 2.55. The minimum absolute atomic E-state index is 0. The third kappa shape index (κ3) is 8.34. The molecule has 5 heteroatoms. The number of rotatable bonds is 12. The minimum Gasteiger partial charge on any atom is -0.494 e. The lowest BCUT2D eigenvalue weighted by Gasteiger charge is -2.08. The fourth-order valence-electron chi connectivity index (χ4n) is 2.55. The molecule has 0 saturated heterocycles. The van der Waals surface area contributed by atoms with Crippen molar-refractivity contribution in [1.82, 2.24) is 0 Å². The Balaban J connectivity index is 0.00000338. The van der Waals surface area contributed by atoms with Crippen molar-refractivity contribution in [3.05, 3.63) is 48.5 Å². The van der Waals surface area contributed by atoms with E-state index in [1.807, 2.05) is 62.6 Å². The summed E-state index contributed by atoms with van der Waals surface area (Å²) in [6.45, 7) is 1.57. The molecule has 0 aromatic heterocycles. The second kappa shape index (κ2) is 13.2. The van der Waals surface area contributed by atoms with Gasteiger partial charge in [0.1, 0.15) is 11.5 Å². The molecular weight excluding hydrogens is 348 g/mol. The van der Waals surface area contributed by atoms with Crippen LogP contribution in [0, 0.1) is 0 Å². The topological polar surface area (TPSA) is 42.5 Å². The Hall–Kier alpha value is -2.07. The lowest BCUT2D eigenvalue weighted by Crippen LogP contribution is -1.99. The first-order valence-electron chi connectivity index (χ1n) is 9.13. The monoisotopic (exact) mass is 378 g/mol. The van der Waals surface area contributed by atoms with Crippen LogP contribution in [-0.4, -0.2) is 27.3 Å². The SMILES string of the molecule is CNc1ccc(OCCCCCCCOc2ccc(NC)cc2)cc1.Cl. The summed E-state index contributed by atoms with van der Waals surface area (Å²) in [4.78, 5) is 0. The summed E-state index contributed by atoms with van der Waals surface area (Å²) in [6, 6.07) is 16.1. The molecule has 0 aliphatic heterocycles. The molecule has 0 aliphatic carbocycles. The van der Waals surface area contributed by atoms with E-state index >= 15 is 0 Å². The highest BCUT2D eigenvalue weighted by molar-refractivity contribution is 5.85. The molecule has 0 bridgehead atoms. The third-order valence-corrected chi connectivity index (χ3v) is 4.11. The van der Waals surface area contributed by atoms with Gasteiger partial charge in [0.2, 0.25) is 0 Å². The zero-order chi connectivity index (χ0) is 17.7. The molecule has 0 aliphatic rings. The first kappa shape index (κ1) is 22.0. The molecule has 0 saturated carbocycles. The number of benzene rings is 2. The molecule has 2 rings (SSSR count). The van der Waals surface area contributed by atoms with Crippen LogP contribution in [0.25, 0.3) is 0 Å². The van der Waals surface area contributed by atoms with Gasteiger partial charge in [0.15, 0.2) is 0 Å². The van der Waals surface area contributed by atoms with Gasteiger partial charge in [-0.25, -0.2) is 0 Å². The maximum Gasteiger partial charge on any atom is 0.119 e. The van der Waals surface area contributed by atoms with Gasteiger partial charge in [-0.3, -0.25) is 0 Å². The molecule has 0 unspecified atom stereocenters. The van der Waals surface area contributed by atoms with Gasteiger partial charge in [-0.2, -0.15) is 0 Å². The summed E-state index contributed by atoms with van der Waals surface area (Å²) in [7, 11) is 3.83. The maximum absolute atomic E-state index is 5.75. The van der Waals surface area contributed by atoms with E-state index in [4.69, 9.17) is 9.47 Å². The Morgan fingerprint density at radius 1 is 0.577 bits per heavy atom. The highest BCUT2D eigenvalue weighted by Crippen LogP contribution is 2.17. The zero-order valence-corrected chi connectivity index (χ0v) is 16.6. The van der Waals surface area contributed by atoms with E-state index in [1.165, 1.54) is 19.3 Å². The summed E-state index contributed by atoms with van der Waals surface area (Å²) >= 11 is 0. The molecule has 26 heavy (non-hydrogen) atoms. The Morgan fingerprint density at radius 2 is 0.923 bits per heavy atom. The van der Waals surface area contributed by atoms with Gasteiger partial charge < -0.3 is 20.1 Å². The van der Waals surface area contributed by atoms with Gasteiger partial charge in [-0.15, -0.1) is 12.4 Å². The van der Waals surface area contributed by atoms with Crippen LogP contribution in [0.4, 0.5) is 11.4 Å². The largest absolute Gasteiger partial charge is 0.494 e. The third-order valence-electron chi connectivity index (χ3n) is 4.11. The average molecular weight is 379 g/mol. The smallest absolute Gasteiger partial charge is 0.119 e. The zero-order valence-electron chi connectivity index (χ0n) is 15.8. The molecule has 4 nitrogen and oxygen atoms in total. The van der Waals surface area contributed by atoms with Crippen molar-refractivity contribution >= 4 is 23.8 Å². The molecule has 2 N–H and O–H groups in total. The van der Waals surface area contributed by atoms with Crippen LogP contribution in [0.1, 0.15) is 32.1 Å². The van der Waals surface area contributed by atoms with E-state index in [2.05, 4.69) is 10.6 Å². The molecule has 0 fully saturated rings. The van der Waals surface area contributed by atoms with E-state index in [1.54, 1.807) is 0 Å². The molecule has 0 atom stereocenters. The first-order valence-corrected chi connectivity index (χ1v) is 9.13. The van der Waals surface area contributed by atoms with Gasteiger partial charge in [0.05, 0.1) is 13.2 Å². The number of anilines is 2. The summed E-state index contributed by atoms with van der Waals surface area (Å²) in [5.74, 6) is 1.88. The Morgan fingerprint density at radius 3 is 1.27 bits per heavy atom. The molecule has 0 spiro atoms. The second-order valence-electron chi connectivity index (χ2n) is 6.01. The van der Waals surface area contributed by atoms with Crippen molar-refractivity contribution in [2.75, 3.05) is 37.9 Å². The van der Waals surface area contributed by atoms with Crippen LogP contribution in [0.3, 0.4) is 0 Å². The fraction of sp³-hybridized carbons (Fsp3) is 0.429. The lowest BCUT2D eigenvalue weighted by atomic mass is 10.1. The summed E-state index contributed by atoms with van der Waals surface area (Å²) in [6.07, 6.45) is 5.82. The molecular formula is C21H31ClN2O2. The number of halogens is 1. The van der Waals surface area contributed by atoms with Crippen molar-refractivity contribution in [3.63, 3.8) is 0 Å². The van der Waals surface area contributed by atoms with Gasteiger partial charge in [0, 0.05) is 25.5 Å². The van der Waals surface area contributed by atoms with Crippen LogP contribution in [-0.2, 0) is 0 Å². The van der Waals surface area contributed by atoms with Crippen molar-refractivity contribution in [2.45, 2.75) is 32.1 Å². The van der Waals surface area contributed by atoms with E-state index in [0.717, 1.165) is 48.9 Å². The van der Waals surface area contributed by atoms with Crippen LogP contribution < -0.4 is 20.1 Å². The first-order chi connectivity index (χ1) is 12.3. The summed E-state index contributed by atoms with van der Waals surface area (Å²) in [5, 5.41) is 6.20. The Bertz CT molecular complexity index is 534. The van der Waals surface area contributed by atoms with Crippen molar-refractivity contribution in [1.29, 1.82) is 0 Å². The van der Waals surface area contributed by atoms with Crippen LogP contribution in [0.2, 0.25) is 0 Å². The van der Waals surface area contributed by atoms with Crippen molar-refractivity contribution in [3.8, 4) is 11.5 Å². The highest BCUT2D eigenvalue weighted by atomic mass is 35.5. The number of hydrogen-bond donors (Lipinski definition) is 2. The highest BCUT2D eigenvalue weighted by Gasteiger charge is 1.97. The molecule has 0 heterocycles. The van der Waals surface area contributed by atoms with E-state index < -0.39 is 0 Å². The standard InChI is InChI=1S/C21H30N2O2.ClH/c1-22-18-8-12-20(13-9-18)24-16-6-4-3-5-7-17-25-21-14-10-19(23-2)11-15-21;/h8-15,22-23H,3-7,16-17H2,1-2H3;1H. The summed E-state index contributed by atoms with van der Waals surface area (Å²) in [5.41, 5.74) is 2.21. The van der Waals surface area contributed by atoms with Crippen molar-refractivity contribution in [2.24, 2.45) is 0 Å². The molecule has 2 aromatic carbocycles. The van der Waals surface area contributed by atoms with Gasteiger partial charge in [-0.05, 0) is 61.4 Å². The quantitative estimate of drug-likeness (QED) is 0.472. The van der Waals surface area contributed by atoms with E-state index in [0.29, 0.717) is 0 Å². The molecule has 144 valence electrons. The number of hydrogen-bond acceptors (Lipinski definition) is 4. The summed E-state index contributed by atoms with van der Waals surface area (Å²) < 4.78 is 11.5. The minimum atomic E-state index is 0. The predicted molar refractivity (Wildman–Crippen MR) is 113 cm³/mol. The molecule has 0 amide bonds.